The first-order valence-corrected chi connectivity index (χ1v) is 6.41. The van der Waals surface area contributed by atoms with E-state index in [1.54, 1.807) is 13.0 Å². The molecule has 0 saturated heterocycles. The number of hydrogen-bond donors (Lipinski definition) is 3. The van der Waals surface area contributed by atoms with E-state index < -0.39 is 17.4 Å². The monoisotopic (exact) mass is 279 g/mol. The fourth-order valence-electron chi connectivity index (χ4n) is 1.97. The van der Waals surface area contributed by atoms with E-state index in [1.165, 1.54) is 6.07 Å². The van der Waals surface area contributed by atoms with E-state index in [-0.39, 0.29) is 12.4 Å². The molecule has 1 heterocycles. The highest BCUT2D eigenvalue weighted by Crippen LogP contribution is 2.20. The minimum atomic E-state index is -1.07. The summed E-state index contributed by atoms with van der Waals surface area (Å²) >= 11 is 0. The maximum atomic E-state index is 11.6. The zero-order chi connectivity index (χ0) is 14.6. The second-order valence-electron chi connectivity index (χ2n) is 4.86. The number of rotatable bonds is 3. The first-order valence-electron chi connectivity index (χ1n) is 6.41. The molecule has 7 nitrogen and oxygen atoms in total. The third-order valence-corrected chi connectivity index (χ3v) is 3.04. The lowest BCUT2D eigenvalue weighted by Crippen LogP contribution is -2.45. The largest absolute Gasteiger partial charge is 0.384 e. The van der Waals surface area contributed by atoms with E-state index in [0.29, 0.717) is 12.2 Å². The lowest BCUT2D eigenvalue weighted by atomic mass is 9.91. The molecule has 20 heavy (non-hydrogen) atoms. The summed E-state index contributed by atoms with van der Waals surface area (Å²) in [6, 6.07) is 1.50. The summed E-state index contributed by atoms with van der Waals surface area (Å²) in [6.45, 7) is 1.68. The van der Waals surface area contributed by atoms with Crippen molar-refractivity contribution in [2.75, 3.05) is 11.9 Å². The quantitative estimate of drug-likeness (QED) is 0.552. The summed E-state index contributed by atoms with van der Waals surface area (Å²) in [5.41, 5.74) is -1.07. The Hall–Kier alpha value is -2.15. The molecular formula is C13H17N3O4. The summed E-state index contributed by atoms with van der Waals surface area (Å²) in [7, 11) is 0. The average molecular weight is 279 g/mol. The molecule has 1 aliphatic carbocycles. The van der Waals surface area contributed by atoms with Gasteiger partial charge in [0.1, 0.15) is 11.4 Å². The van der Waals surface area contributed by atoms with Crippen LogP contribution in [0.5, 0.6) is 0 Å². The fraction of sp³-hybridized carbons (Fsp3) is 0.462. The number of allylic oxidation sites excluding steroid dienone is 1. The minimum Gasteiger partial charge on any atom is -0.384 e. The highest BCUT2D eigenvalue weighted by molar-refractivity contribution is 6.39. The second-order valence-corrected chi connectivity index (χ2v) is 4.86. The standard InChI is InChI=1S/C13H17N3O4/c1-9-7-10(16-20-9)15-12(18)11(17)14-8-13(19)5-3-2-4-6-13/h3,5,7,19H,2,4,6,8H2,1H3,(H,14,17)(H,15,16,18). The first-order chi connectivity index (χ1) is 9.48. The summed E-state index contributed by atoms with van der Waals surface area (Å²) in [5.74, 6) is -0.957. The lowest BCUT2D eigenvalue weighted by Gasteiger charge is -2.27. The predicted octanol–water partition coefficient (Wildman–Crippen LogP) is 0.509. The maximum absolute atomic E-state index is 11.6. The highest BCUT2D eigenvalue weighted by Gasteiger charge is 2.27. The van der Waals surface area contributed by atoms with Gasteiger partial charge >= 0.3 is 11.8 Å². The predicted molar refractivity (Wildman–Crippen MR) is 70.8 cm³/mol. The third kappa shape index (κ3) is 3.67. The van der Waals surface area contributed by atoms with Gasteiger partial charge in [-0.2, -0.15) is 0 Å². The van der Waals surface area contributed by atoms with Crippen molar-refractivity contribution < 1.29 is 19.2 Å². The minimum absolute atomic E-state index is 0.00754. The van der Waals surface area contributed by atoms with E-state index in [4.69, 9.17) is 4.52 Å². The van der Waals surface area contributed by atoms with Crippen molar-refractivity contribution in [3.05, 3.63) is 24.0 Å². The van der Waals surface area contributed by atoms with Crippen LogP contribution in [0.15, 0.2) is 22.7 Å². The number of anilines is 1. The van der Waals surface area contributed by atoms with Crippen molar-refractivity contribution >= 4 is 17.6 Å². The number of aryl methyl sites for hydroxylation is 1. The Morgan fingerprint density at radius 1 is 1.50 bits per heavy atom. The van der Waals surface area contributed by atoms with Gasteiger partial charge < -0.3 is 14.9 Å². The van der Waals surface area contributed by atoms with Gasteiger partial charge in [-0.1, -0.05) is 17.3 Å². The number of amides is 2. The zero-order valence-corrected chi connectivity index (χ0v) is 11.2. The molecule has 7 heteroatoms. The Balaban J connectivity index is 1.83. The summed E-state index contributed by atoms with van der Waals surface area (Å²) in [4.78, 5) is 23.2. The number of carbonyl (C=O) groups is 2. The molecule has 0 spiro atoms. The molecule has 0 fully saturated rings. The zero-order valence-electron chi connectivity index (χ0n) is 11.2. The van der Waals surface area contributed by atoms with Crippen LogP contribution in [0, 0.1) is 6.92 Å². The van der Waals surface area contributed by atoms with Crippen LogP contribution in [0.4, 0.5) is 5.82 Å². The molecule has 108 valence electrons. The molecule has 0 aliphatic heterocycles. The van der Waals surface area contributed by atoms with Crippen molar-refractivity contribution in [1.29, 1.82) is 0 Å². The molecule has 1 atom stereocenters. The van der Waals surface area contributed by atoms with Gasteiger partial charge in [0.05, 0.1) is 6.54 Å². The smallest absolute Gasteiger partial charge is 0.314 e. The van der Waals surface area contributed by atoms with E-state index >= 15 is 0 Å². The SMILES string of the molecule is Cc1cc(NC(=O)C(=O)NCC2(O)C=CCCC2)no1. The van der Waals surface area contributed by atoms with Crippen molar-refractivity contribution in [3.8, 4) is 0 Å². The summed E-state index contributed by atoms with van der Waals surface area (Å²) in [5, 5.41) is 18.4. The summed E-state index contributed by atoms with van der Waals surface area (Å²) in [6.07, 6.45) is 5.87. The molecule has 0 saturated carbocycles. The van der Waals surface area contributed by atoms with E-state index in [2.05, 4.69) is 15.8 Å². The molecule has 1 aromatic rings. The van der Waals surface area contributed by atoms with Crippen LogP contribution in [0.3, 0.4) is 0 Å². The van der Waals surface area contributed by atoms with Gasteiger partial charge in [0.15, 0.2) is 5.82 Å². The normalized spacial score (nSPS) is 21.5. The molecular weight excluding hydrogens is 262 g/mol. The van der Waals surface area contributed by atoms with Crippen LogP contribution in [-0.2, 0) is 9.59 Å². The molecule has 0 bridgehead atoms. The van der Waals surface area contributed by atoms with Crippen molar-refractivity contribution in [2.24, 2.45) is 0 Å². The fourth-order valence-corrected chi connectivity index (χ4v) is 1.97. The van der Waals surface area contributed by atoms with Gasteiger partial charge in [0, 0.05) is 6.07 Å². The first kappa shape index (κ1) is 14.3. The second kappa shape index (κ2) is 5.87. The number of aliphatic hydroxyl groups is 1. The van der Waals surface area contributed by atoms with E-state index in [1.807, 2.05) is 6.08 Å². The van der Waals surface area contributed by atoms with Crippen LogP contribution in [0.2, 0.25) is 0 Å². The number of nitrogens with zero attached hydrogens (tertiary/aromatic N) is 1. The number of carbonyl (C=O) groups excluding carboxylic acids is 2. The lowest BCUT2D eigenvalue weighted by molar-refractivity contribution is -0.136. The van der Waals surface area contributed by atoms with E-state index in [0.717, 1.165) is 12.8 Å². The highest BCUT2D eigenvalue weighted by atomic mass is 16.5. The van der Waals surface area contributed by atoms with Crippen LogP contribution in [0.1, 0.15) is 25.0 Å². The number of hydrogen-bond acceptors (Lipinski definition) is 5. The van der Waals surface area contributed by atoms with Gasteiger partial charge in [-0.25, -0.2) is 0 Å². The van der Waals surface area contributed by atoms with Gasteiger partial charge in [0.25, 0.3) is 0 Å². The Bertz CT molecular complexity index is 537. The van der Waals surface area contributed by atoms with Crippen LogP contribution < -0.4 is 10.6 Å². The average Bonchev–Trinajstić information content (AvgIpc) is 2.82. The van der Waals surface area contributed by atoms with Gasteiger partial charge in [-0.05, 0) is 26.2 Å². The topological polar surface area (TPSA) is 104 Å². The van der Waals surface area contributed by atoms with Crippen LogP contribution >= 0.6 is 0 Å². The van der Waals surface area contributed by atoms with E-state index in [9.17, 15) is 14.7 Å². The summed E-state index contributed by atoms with van der Waals surface area (Å²) < 4.78 is 4.77. The van der Waals surface area contributed by atoms with Gasteiger partial charge in [0.2, 0.25) is 0 Å². The van der Waals surface area contributed by atoms with Crippen LogP contribution in [0.25, 0.3) is 0 Å². The Morgan fingerprint density at radius 2 is 2.30 bits per heavy atom. The molecule has 0 radical (unpaired) electrons. The van der Waals surface area contributed by atoms with Crippen molar-refractivity contribution in [2.45, 2.75) is 31.8 Å². The number of nitrogens with one attached hydrogen (secondary N) is 2. The molecule has 1 aromatic heterocycles. The molecule has 2 rings (SSSR count). The molecule has 1 aliphatic rings. The van der Waals surface area contributed by atoms with Crippen molar-refractivity contribution in [3.63, 3.8) is 0 Å². The molecule has 0 aromatic carbocycles. The Labute approximate surface area is 116 Å². The Kier molecular flexibility index (Phi) is 4.19. The molecule has 1 unspecified atom stereocenters. The third-order valence-electron chi connectivity index (χ3n) is 3.04. The number of aromatic nitrogens is 1. The van der Waals surface area contributed by atoms with Gasteiger partial charge in [-0.3, -0.25) is 14.9 Å². The Morgan fingerprint density at radius 3 is 2.90 bits per heavy atom. The van der Waals surface area contributed by atoms with Gasteiger partial charge in [-0.15, -0.1) is 0 Å². The van der Waals surface area contributed by atoms with Crippen molar-refractivity contribution in [1.82, 2.24) is 10.5 Å². The molecule has 3 N–H and O–H groups in total. The maximum Gasteiger partial charge on any atom is 0.314 e. The van der Waals surface area contributed by atoms with Crippen LogP contribution in [-0.4, -0.2) is 34.2 Å². The molecule has 2 amide bonds.